The quantitative estimate of drug-likeness (QED) is 0.729. The highest BCUT2D eigenvalue weighted by atomic mass is 16.5. The van der Waals surface area contributed by atoms with Crippen LogP contribution in [0.2, 0.25) is 0 Å². The molecule has 0 saturated carbocycles. The number of nitrogen functional groups attached to an aromatic ring is 1. The van der Waals surface area contributed by atoms with Crippen molar-refractivity contribution < 1.29 is 9.53 Å². The molecule has 0 aliphatic rings. The zero-order chi connectivity index (χ0) is 11.4. The topological polar surface area (TPSA) is 93.9 Å². The van der Waals surface area contributed by atoms with Gasteiger partial charge in [-0.3, -0.25) is 4.68 Å². The number of nitriles is 1. The first-order valence-electron chi connectivity index (χ1n) is 4.48. The van der Waals surface area contributed by atoms with E-state index in [-0.39, 0.29) is 12.3 Å². The molecule has 0 spiro atoms. The van der Waals surface area contributed by atoms with E-state index in [2.05, 4.69) is 9.84 Å². The lowest BCUT2D eigenvalue weighted by molar-refractivity contribution is 0.0542. The molecule has 15 heavy (non-hydrogen) atoms. The van der Waals surface area contributed by atoms with Crippen molar-refractivity contribution in [3.63, 3.8) is 0 Å². The number of aromatic nitrogens is 2. The second-order valence-electron chi connectivity index (χ2n) is 2.90. The minimum absolute atomic E-state index is 0.213. The van der Waals surface area contributed by atoms with E-state index in [9.17, 15) is 4.79 Å². The van der Waals surface area contributed by atoms with Crippen molar-refractivity contribution in [2.45, 2.75) is 20.4 Å². The van der Waals surface area contributed by atoms with Gasteiger partial charge in [-0.2, -0.15) is 10.4 Å². The van der Waals surface area contributed by atoms with Crippen LogP contribution in [0.1, 0.15) is 23.1 Å². The normalized spacial score (nSPS) is 9.67. The number of carbonyl (C=O) groups is 1. The summed E-state index contributed by atoms with van der Waals surface area (Å²) >= 11 is 0. The Morgan fingerprint density at radius 3 is 2.93 bits per heavy atom. The highest BCUT2D eigenvalue weighted by Gasteiger charge is 2.20. The first kappa shape index (κ1) is 11.0. The van der Waals surface area contributed by atoms with Crippen LogP contribution in [0.3, 0.4) is 0 Å². The van der Waals surface area contributed by atoms with E-state index in [4.69, 9.17) is 11.0 Å². The standard InChI is InChI=1S/C9H12N4O2/c1-3-13-8(7(11)6(2)12-13)9(14)15-5-4-10/h3,5,11H2,1-2H3. The van der Waals surface area contributed by atoms with Gasteiger partial charge in [0, 0.05) is 6.54 Å². The predicted molar refractivity (Wildman–Crippen MR) is 52.9 cm³/mol. The van der Waals surface area contributed by atoms with E-state index in [0.717, 1.165) is 0 Å². The summed E-state index contributed by atoms with van der Waals surface area (Å²) < 4.78 is 6.14. The Kier molecular flexibility index (Phi) is 3.29. The molecule has 0 fully saturated rings. The van der Waals surface area contributed by atoms with Crippen LogP contribution in [-0.2, 0) is 11.3 Å². The van der Waals surface area contributed by atoms with Crippen LogP contribution in [0.5, 0.6) is 0 Å². The molecule has 0 bridgehead atoms. The van der Waals surface area contributed by atoms with E-state index in [1.807, 2.05) is 6.92 Å². The molecule has 0 aliphatic carbocycles. The monoisotopic (exact) mass is 208 g/mol. The average molecular weight is 208 g/mol. The highest BCUT2D eigenvalue weighted by molar-refractivity contribution is 5.93. The van der Waals surface area contributed by atoms with Gasteiger partial charge < -0.3 is 10.5 Å². The maximum Gasteiger partial charge on any atom is 0.359 e. The Bertz CT molecular complexity index is 416. The number of hydrogen-bond donors (Lipinski definition) is 1. The summed E-state index contributed by atoms with van der Waals surface area (Å²) in [7, 11) is 0. The number of aryl methyl sites for hydroxylation is 2. The summed E-state index contributed by atoms with van der Waals surface area (Å²) in [5.74, 6) is -0.614. The second-order valence-corrected chi connectivity index (χ2v) is 2.90. The summed E-state index contributed by atoms with van der Waals surface area (Å²) in [6, 6.07) is 1.72. The van der Waals surface area contributed by atoms with Gasteiger partial charge in [0.05, 0.1) is 11.4 Å². The summed E-state index contributed by atoms with van der Waals surface area (Å²) in [6.45, 7) is 3.79. The summed E-state index contributed by atoms with van der Waals surface area (Å²) in [5.41, 5.74) is 6.79. The third-order valence-electron chi connectivity index (χ3n) is 1.93. The van der Waals surface area contributed by atoms with Crippen molar-refractivity contribution >= 4 is 11.7 Å². The predicted octanol–water partition coefficient (Wildman–Crippen LogP) is 0.474. The van der Waals surface area contributed by atoms with Gasteiger partial charge >= 0.3 is 5.97 Å². The molecular weight excluding hydrogens is 196 g/mol. The lowest BCUT2D eigenvalue weighted by Crippen LogP contribution is -2.14. The number of nitrogens with two attached hydrogens (primary N) is 1. The molecule has 0 unspecified atom stereocenters. The number of anilines is 1. The van der Waals surface area contributed by atoms with Gasteiger partial charge in [0.2, 0.25) is 0 Å². The molecule has 6 nitrogen and oxygen atoms in total. The van der Waals surface area contributed by atoms with Crippen molar-refractivity contribution in [1.29, 1.82) is 5.26 Å². The van der Waals surface area contributed by atoms with Crippen LogP contribution in [0, 0.1) is 18.3 Å². The fourth-order valence-electron chi connectivity index (χ4n) is 1.21. The number of esters is 1. The Morgan fingerprint density at radius 1 is 1.73 bits per heavy atom. The van der Waals surface area contributed by atoms with Crippen LogP contribution in [0.25, 0.3) is 0 Å². The van der Waals surface area contributed by atoms with Crippen LogP contribution in [0.15, 0.2) is 0 Å². The van der Waals surface area contributed by atoms with Gasteiger partial charge in [-0.15, -0.1) is 0 Å². The number of ether oxygens (including phenoxy) is 1. The van der Waals surface area contributed by atoms with E-state index >= 15 is 0 Å². The molecule has 1 aromatic rings. The fraction of sp³-hybridized carbons (Fsp3) is 0.444. The first-order valence-corrected chi connectivity index (χ1v) is 4.48. The lowest BCUT2D eigenvalue weighted by Gasteiger charge is -2.03. The Labute approximate surface area is 87.2 Å². The van der Waals surface area contributed by atoms with E-state index in [1.54, 1.807) is 13.0 Å². The van der Waals surface area contributed by atoms with Gasteiger partial charge in [0.1, 0.15) is 6.07 Å². The molecule has 1 heterocycles. The van der Waals surface area contributed by atoms with Gasteiger partial charge in [0.25, 0.3) is 0 Å². The average Bonchev–Trinajstić information content (AvgIpc) is 2.51. The zero-order valence-electron chi connectivity index (χ0n) is 8.65. The van der Waals surface area contributed by atoms with Crippen molar-refractivity contribution in [1.82, 2.24) is 9.78 Å². The zero-order valence-corrected chi connectivity index (χ0v) is 8.65. The van der Waals surface area contributed by atoms with Crippen LogP contribution < -0.4 is 5.73 Å². The third kappa shape index (κ3) is 2.07. The Hall–Kier alpha value is -2.03. The smallest absolute Gasteiger partial charge is 0.359 e. The fourth-order valence-corrected chi connectivity index (χ4v) is 1.21. The maximum absolute atomic E-state index is 11.5. The lowest BCUT2D eigenvalue weighted by atomic mass is 10.3. The molecule has 0 aromatic carbocycles. The molecule has 0 atom stereocenters. The second kappa shape index (κ2) is 4.46. The Balaban J connectivity index is 3.02. The Morgan fingerprint density at radius 2 is 2.40 bits per heavy atom. The van der Waals surface area contributed by atoms with E-state index < -0.39 is 5.97 Å². The molecule has 6 heteroatoms. The van der Waals surface area contributed by atoms with Crippen molar-refractivity contribution in [3.8, 4) is 6.07 Å². The minimum atomic E-state index is -0.614. The molecule has 0 aliphatic heterocycles. The van der Waals surface area contributed by atoms with Gasteiger partial charge in [0.15, 0.2) is 12.3 Å². The van der Waals surface area contributed by atoms with Gasteiger partial charge in [-0.1, -0.05) is 0 Å². The van der Waals surface area contributed by atoms with Crippen molar-refractivity contribution in [3.05, 3.63) is 11.4 Å². The number of hydrogen-bond acceptors (Lipinski definition) is 5. The molecule has 1 rings (SSSR count). The van der Waals surface area contributed by atoms with Gasteiger partial charge in [-0.05, 0) is 13.8 Å². The summed E-state index contributed by atoms with van der Waals surface area (Å²) in [6.07, 6.45) is 0. The van der Waals surface area contributed by atoms with Crippen LogP contribution in [0.4, 0.5) is 5.69 Å². The first-order chi connectivity index (χ1) is 7.11. The molecule has 0 saturated heterocycles. The number of nitrogens with zero attached hydrogens (tertiary/aromatic N) is 3. The molecule has 1 aromatic heterocycles. The van der Waals surface area contributed by atoms with E-state index in [1.165, 1.54) is 4.68 Å². The largest absolute Gasteiger partial charge is 0.445 e. The van der Waals surface area contributed by atoms with Crippen molar-refractivity contribution in [2.75, 3.05) is 12.3 Å². The molecule has 0 amide bonds. The van der Waals surface area contributed by atoms with Crippen molar-refractivity contribution in [2.24, 2.45) is 0 Å². The van der Waals surface area contributed by atoms with E-state index in [0.29, 0.717) is 17.9 Å². The number of carbonyl (C=O) groups excluding carboxylic acids is 1. The van der Waals surface area contributed by atoms with Crippen LogP contribution >= 0.6 is 0 Å². The van der Waals surface area contributed by atoms with Gasteiger partial charge in [-0.25, -0.2) is 4.79 Å². The molecule has 80 valence electrons. The van der Waals surface area contributed by atoms with Crippen LogP contribution in [-0.4, -0.2) is 22.4 Å². The molecular formula is C9H12N4O2. The minimum Gasteiger partial charge on any atom is -0.445 e. The SMILES string of the molecule is CCn1nc(C)c(N)c1C(=O)OCC#N. The summed E-state index contributed by atoms with van der Waals surface area (Å²) in [4.78, 5) is 11.5. The maximum atomic E-state index is 11.5. The summed E-state index contributed by atoms with van der Waals surface area (Å²) in [5, 5.41) is 12.3. The number of rotatable bonds is 3. The third-order valence-corrected chi connectivity index (χ3v) is 1.93. The molecule has 0 radical (unpaired) electrons. The molecule has 2 N–H and O–H groups in total. The highest BCUT2D eigenvalue weighted by Crippen LogP contribution is 2.17.